The van der Waals surface area contributed by atoms with Crippen LogP contribution in [-0.2, 0) is 22.6 Å². The Kier molecular flexibility index (Phi) is 9.21. The van der Waals surface area contributed by atoms with Gasteiger partial charge in [-0.15, -0.1) is 0 Å². The second-order valence-corrected chi connectivity index (χ2v) is 8.19. The van der Waals surface area contributed by atoms with Gasteiger partial charge in [-0.2, -0.15) is 0 Å². The molecule has 5 nitrogen and oxygen atoms in total. The van der Waals surface area contributed by atoms with Crippen LogP contribution in [-0.4, -0.2) is 35.9 Å². The van der Waals surface area contributed by atoms with Crippen molar-refractivity contribution in [3.05, 3.63) is 101 Å². The van der Waals surface area contributed by atoms with E-state index in [4.69, 9.17) is 4.74 Å². The lowest BCUT2D eigenvalue weighted by Gasteiger charge is -2.32. The molecule has 0 bridgehead atoms. The molecule has 2 amide bonds. The lowest BCUT2D eigenvalue weighted by Crippen LogP contribution is -2.51. The largest absolute Gasteiger partial charge is 0.484 e. The molecule has 0 fully saturated rings. The van der Waals surface area contributed by atoms with Crippen LogP contribution in [0.2, 0.25) is 0 Å². The SMILES string of the molecule is CCCNC(=O)C(Cc1ccccc1)N(Cc1ccccc1C)C(=O)COc1ccc(F)cc1. The number of carbonyl (C=O) groups is 2. The molecule has 0 heterocycles. The molecule has 3 aromatic carbocycles. The average Bonchev–Trinajstić information content (AvgIpc) is 2.85. The van der Waals surface area contributed by atoms with Gasteiger partial charge < -0.3 is 15.0 Å². The van der Waals surface area contributed by atoms with Crippen LogP contribution >= 0.6 is 0 Å². The fourth-order valence-corrected chi connectivity index (χ4v) is 3.65. The standard InChI is InChI=1S/C28H31FN2O3/c1-3-17-30-28(33)26(18-22-10-5-4-6-11-22)31(19-23-12-8-7-9-21(23)2)27(32)20-34-25-15-13-24(29)14-16-25/h4-16,26H,3,17-20H2,1-2H3,(H,30,33). The zero-order chi connectivity index (χ0) is 24.3. The van der Waals surface area contributed by atoms with E-state index in [0.29, 0.717) is 18.7 Å². The third kappa shape index (κ3) is 7.17. The Morgan fingerprint density at radius 1 is 0.971 bits per heavy atom. The first kappa shape index (κ1) is 25.0. The molecule has 1 atom stereocenters. The quantitative estimate of drug-likeness (QED) is 0.450. The summed E-state index contributed by atoms with van der Waals surface area (Å²) < 4.78 is 18.9. The Morgan fingerprint density at radius 3 is 2.32 bits per heavy atom. The molecule has 0 aliphatic heterocycles. The fraction of sp³-hybridized carbons (Fsp3) is 0.286. The smallest absolute Gasteiger partial charge is 0.261 e. The van der Waals surface area contributed by atoms with E-state index in [1.54, 1.807) is 4.90 Å². The van der Waals surface area contributed by atoms with Crippen LogP contribution in [0.15, 0.2) is 78.9 Å². The maximum atomic E-state index is 13.5. The van der Waals surface area contributed by atoms with Crippen LogP contribution in [0.5, 0.6) is 5.75 Å². The van der Waals surface area contributed by atoms with Crippen LogP contribution < -0.4 is 10.1 Å². The van der Waals surface area contributed by atoms with Gasteiger partial charge in [-0.3, -0.25) is 9.59 Å². The molecule has 34 heavy (non-hydrogen) atoms. The molecule has 0 aliphatic rings. The van der Waals surface area contributed by atoms with E-state index < -0.39 is 6.04 Å². The fourth-order valence-electron chi connectivity index (χ4n) is 3.65. The molecule has 1 unspecified atom stereocenters. The second kappa shape index (κ2) is 12.5. The zero-order valence-corrected chi connectivity index (χ0v) is 19.7. The van der Waals surface area contributed by atoms with E-state index in [1.807, 2.05) is 68.4 Å². The highest BCUT2D eigenvalue weighted by Gasteiger charge is 2.30. The summed E-state index contributed by atoms with van der Waals surface area (Å²) in [5.41, 5.74) is 2.95. The van der Waals surface area contributed by atoms with Crippen molar-refractivity contribution in [3.8, 4) is 5.75 Å². The van der Waals surface area contributed by atoms with E-state index >= 15 is 0 Å². The van der Waals surface area contributed by atoms with Gasteiger partial charge in [0, 0.05) is 19.5 Å². The summed E-state index contributed by atoms with van der Waals surface area (Å²) in [6.45, 7) is 4.51. The van der Waals surface area contributed by atoms with E-state index in [9.17, 15) is 14.0 Å². The predicted molar refractivity (Wildman–Crippen MR) is 131 cm³/mol. The van der Waals surface area contributed by atoms with Crippen molar-refractivity contribution >= 4 is 11.8 Å². The molecule has 1 N–H and O–H groups in total. The Bertz CT molecular complexity index is 1070. The van der Waals surface area contributed by atoms with Crippen LogP contribution in [0.25, 0.3) is 0 Å². The number of hydrogen-bond donors (Lipinski definition) is 1. The van der Waals surface area contributed by atoms with Crippen LogP contribution in [0.3, 0.4) is 0 Å². The molecule has 3 aromatic rings. The molecule has 0 spiro atoms. The molecule has 6 heteroatoms. The number of hydrogen-bond acceptors (Lipinski definition) is 3. The van der Waals surface area contributed by atoms with Crippen molar-refractivity contribution in [2.75, 3.05) is 13.2 Å². The summed E-state index contributed by atoms with van der Waals surface area (Å²) in [4.78, 5) is 28.3. The first-order chi connectivity index (χ1) is 16.5. The monoisotopic (exact) mass is 462 g/mol. The first-order valence-electron chi connectivity index (χ1n) is 11.5. The minimum atomic E-state index is -0.710. The van der Waals surface area contributed by atoms with Gasteiger partial charge in [-0.1, -0.05) is 61.5 Å². The van der Waals surface area contributed by atoms with Gasteiger partial charge in [0.2, 0.25) is 5.91 Å². The van der Waals surface area contributed by atoms with Crippen molar-refractivity contribution in [2.24, 2.45) is 0 Å². The number of rotatable bonds is 11. The van der Waals surface area contributed by atoms with Crippen molar-refractivity contribution in [1.29, 1.82) is 0 Å². The topological polar surface area (TPSA) is 58.6 Å². The van der Waals surface area contributed by atoms with Gasteiger partial charge in [-0.05, 0) is 54.3 Å². The molecule has 178 valence electrons. The summed E-state index contributed by atoms with van der Waals surface area (Å²) in [6.07, 6.45) is 1.17. The Morgan fingerprint density at radius 2 is 1.65 bits per heavy atom. The number of amides is 2. The van der Waals surface area contributed by atoms with Gasteiger partial charge in [0.25, 0.3) is 5.91 Å². The maximum Gasteiger partial charge on any atom is 0.261 e. The predicted octanol–water partition coefficient (Wildman–Crippen LogP) is 4.68. The van der Waals surface area contributed by atoms with Crippen LogP contribution in [0.1, 0.15) is 30.0 Å². The lowest BCUT2D eigenvalue weighted by atomic mass is 10.0. The number of nitrogens with zero attached hydrogens (tertiary/aromatic N) is 1. The van der Waals surface area contributed by atoms with Crippen molar-refractivity contribution in [3.63, 3.8) is 0 Å². The Balaban J connectivity index is 1.89. The summed E-state index contributed by atoms with van der Waals surface area (Å²) in [5, 5.41) is 2.95. The third-order valence-electron chi connectivity index (χ3n) is 5.60. The summed E-state index contributed by atoms with van der Waals surface area (Å²) in [5.74, 6) is -0.509. The average molecular weight is 463 g/mol. The van der Waals surface area contributed by atoms with E-state index in [1.165, 1.54) is 24.3 Å². The Hall–Kier alpha value is -3.67. The molecule has 0 aromatic heterocycles. The number of halogens is 1. The summed E-state index contributed by atoms with van der Waals surface area (Å²) in [6, 6.07) is 22.3. The van der Waals surface area contributed by atoms with E-state index in [-0.39, 0.29) is 30.8 Å². The van der Waals surface area contributed by atoms with Gasteiger partial charge in [0.05, 0.1) is 0 Å². The first-order valence-corrected chi connectivity index (χ1v) is 11.5. The highest BCUT2D eigenvalue weighted by molar-refractivity contribution is 5.88. The van der Waals surface area contributed by atoms with Crippen molar-refractivity contribution < 1.29 is 18.7 Å². The van der Waals surface area contributed by atoms with E-state index in [0.717, 1.165) is 23.1 Å². The molecule has 0 aliphatic carbocycles. The summed E-state index contributed by atoms with van der Waals surface area (Å²) >= 11 is 0. The highest BCUT2D eigenvalue weighted by atomic mass is 19.1. The van der Waals surface area contributed by atoms with Gasteiger partial charge in [-0.25, -0.2) is 4.39 Å². The number of ether oxygens (including phenoxy) is 1. The zero-order valence-electron chi connectivity index (χ0n) is 19.7. The molecule has 0 saturated carbocycles. The molecular weight excluding hydrogens is 431 g/mol. The lowest BCUT2D eigenvalue weighted by molar-refractivity contribution is -0.142. The molecule has 0 saturated heterocycles. The minimum absolute atomic E-state index is 0.200. The summed E-state index contributed by atoms with van der Waals surface area (Å²) in [7, 11) is 0. The van der Waals surface area contributed by atoms with Crippen molar-refractivity contribution in [1.82, 2.24) is 10.2 Å². The maximum absolute atomic E-state index is 13.5. The molecular formula is C28H31FN2O3. The van der Waals surface area contributed by atoms with Gasteiger partial charge in [0.1, 0.15) is 17.6 Å². The van der Waals surface area contributed by atoms with E-state index in [2.05, 4.69) is 5.32 Å². The van der Waals surface area contributed by atoms with Crippen LogP contribution in [0.4, 0.5) is 4.39 Å². The second-order valence-electron chi connectivity index (χ2n) is 8.19. The van der Waals surface area contributed by atoms with Gasteiger partial charge >= 0.3 is 0 Å². The molecule has 0 radical (unpaired) electrons. The van der Waals surface area contributed by atoms with Gasteiger partial charge in [0.15, 0.2) is 6.61 Å². The highest BCUT2D eigenvalue weighted by Crippen LogP contribution is 2.18. The number of carbonyl (C=O) groups excluding carboxylic acids is 2. The third-order valence-corrected chi connectivity index (χ3v) is 5.60. The van der Waals surface area contributed by atoms with Crippen LogP contribution in [0, 0.1) is 12.7 Å². The number of aryl methyl sites for hydroxylation is 1. The molecule has 3 rings (SSSR count). The number of nitrogens with one attached hydrogen (secondary N) is 1. The Labute approximate surface area is 200 Å². The minimum Gasteiger partial charge on any atom is -0.484 e. The number of benzene rings is 3. The van der Waals surface area contributed by atoms with Crippen molar-refractivity contribution in [2.45, 2.75) is 39.3 Å². The normalized spacial score (nSPS) is 11.5.